The normalized spacial score (nSPS) is 32.7. The largest absolute Gasteiger partial charge is 0.378 e. The van der Waals surface area contributed by atoms with Crippen LogP contribution < -0.4 is 5.32 Å². The molecule has 2 fully saturated rings. The molecule has 0 bridgehead atoms. The molecule has 2 saturated heterocycles. The molecule has 0 radical (unpaired) electrons. The van der Waals surface area contributed by atoms with E-state index < -0.39 is 0 Å². The summed E-state index contributed by atoms with van der Waals surface area (Å²) in [7, 11) is 0. The molecule has 0 aromatic heterocycles. The zero-order valence-electron chi connectivity index (χ0n) is 9.07. The molecule has 1 amide bonds. The van der Waals surface area contributed by atoms with Gasteiger partial charge in [-0.3, -0.25) is 4.79 Å². The summed E-state index contributed by atoms with van der Waals surface area (Å²) in [5.41, 5.74) is 0. The van der Waals surface area contributed by atoms with Crippen LogP contribution in [0.3, 0.4) is 0 Å². The fourth-order valence-electron chi connectivity index (χ4n) is 1.98. The highest BCUT2D eigenvalue weighted by atomic mass is 16.5. The maximum atomic E-state index is 12.1. The fraction of sp³-hybridized carbons (Fsp3) is 0.900. The minimum Gasteiger partial charge on any atom is -0.378 e. The van der Waals surface area contributed by atoms with Gasteiger partial charge >= 0.3 is 0 Å². The summed E-state index contributed by atoms with van der Waals surface area (Å²) in [4.78, 5) is 14.0. The van der Waals surface area contributed by atoms with Crippen LogP contribution in [0.4, 0.5) is 0 Å². The number of carbonyl (C=O) groups is 1. The lowest BCUT2D eigenvalue weighted by Crippen LogP contribution is -2.57. The maximum Gasteiger partial charge on any atom is 0.242 e. The van der Waals surface area contributed by atoms with Crippen molar-refractivity contribution in [2.24, 2.45) is 0 Å². The van der Waals surface area contributed by atoms with E-state index >= 15 is 0 Å². The lowest BCUT2D eigenvalue weighted by atomic mass is 10.2. The highest BCUT2D eigenvalue weighted by molar-refractivity contribution is 5.82. The highest BCUT2D eigenvalue weighted by Gasteiger charge is 2.30. The van der Waals surface area contributed by atoms with E-state index in [1.54, 1.807) is 0 Å². The van der Waals surface area contributed by atoms with Crippen LogP contribution in [0.5, 0.6) is 0 Å². The summed E-state index contributed by atoms with van der Waals surface area (Å²) in [6.45, 7) is 5.93. The number of nitrogens with zero attached hydrogens (tertiary/aromatic N) is 1. The number of hydrogen-bond donors (Lipinski definition) is 1. The summed E-state index contributed by atoms with van der Waals surface area (Å²) in [5, 5.41) is 3.18. The Bertz CT molecular complexity index is 229. The Balaban J connectivity index is 1.92. The van der Waals surface area contributed by atoms with E-state index in [0.717, 1.165) is 6.54 Å². The minimum atomic E-state index is -0.167. The molecule has 5 nitrogen and oxygen atoms in total. The van der Waals surface area contributed by atoms with Gasteiger partial charge in [-0.1, -0.05) is 0 Å². The SMILES string of the molecule is C[C@@H]1COCCN1C(=O)C1COCCN1. The lowest BCUT2D eigenvalue weighted by molar-refractivity contribution is -0.144. The van der Waals surface area contributed by atoms with Gasteiger partial charge in [0, 0.05) is 13.1 Å². The fourth-order valence-corrected chi connectivity index (χ4v) is 1.98. The maximum absolute atomic E-state index is 12.1. The van der Waals surface area contributed by atoms with Gasteiger partial charge < -0.3 is 19.7 Å². The van der Waals surface area contributed by atoms with Gasteiger partial charge in [-0.2, -0.15) is 0 Å². The van der Waals surface area contributed by atoms with Gasteiger partial charge in [0.25, 0.3) is 0 Å². The van der Waals surface area contributed by atoms with E-state index in [1.807, 2.05) is 11.8 Å². The third-order valence-corrected chi connectivity index (χ3v) is 2.87. The molecule has 0 aromatic rings. The van der Waals surface area contributed by atoms with Crippen LogP contribution in [-0.2, 0) is 14.3 Å². The molecule has 0 saturated carbocycles. The first-order valence-corrected chi connectivity index (χ1v) is 5.48. The Morgan fingerprint density at radius 3 is 2.80 bits per heavy atom. The molecular formula is C10H18N2O3. The van der Waals surface area contributed by atoms with E-state index in [2.05, 4.69) is 5.32 Å². The molecule has 0 aromatic carbocycles. The molecule has 2 heterocycles. The van der Waals surface area contributed by atoms with E-state index in [0.29, 0.717) is 33.0 Å². The van der Waals surface area contributed by atoms with Crippen LogP contribution >= 0.6 is 0 Å². The molecule has 2 rings (SSSR count). The molecule has 2 atom stereocenters. The van der Waals surface area contributed by atoms with Crippen molar-refractivity contribution in [1.29, 1.82) is 0 Å². The Morgan fingerprint density at radius 1 is 1.33 bits per heavy atom. The van der Waals surface area contributed by atoms with E-state index in [1.165, 1.54) is 0 Å². The van der Waals surface area contributed by atoms with Crippen molar-refractivity contribution in [3.8, 4) is 0 Å². The first kappa shape index (κ1) is 10.9. The number of carbonyl (C=O) groups excluding carboxylic acids is 1. The third-order valence-electron chi connectivity index (χ3n) is 2.87. The van der Waals surface area contributed by atoms with Gasteiger partial charge in [-0.05, 0) is 6.92 Å². The Kier molecular flexibility index (Phi) is 3.56. The summed E-state index contributed by atoms with van der Waals surface area (Å²) in [6, 6.07) is 0.00859. The first-order chi connectivity index (χ1) is 7.29. The molecule has 15 heavy (non-hydrogen) atoms. The Morgan fingerprint density at radius 2 is 2.13 bits per heavy atom. The molecule has 2 aliphatic heterocycles. The molecule has 5 heteroatoms. The number of nitrogens with one attached hydrogen (secondary N) is 1. The van der Waals surface area contributed by atoms with Crippen LogP contribution in [0, 0.1) is 0 Å². The molecule has 0 aliphatic carbocycles. The second-order valence-corrected chi connectivity index (χ2v) is 4.04. The molecule has 1 N–H and O–H groups in total. The summed E-state index contributed by atoms with van der Waals surface area (Å²) in [5.74, 6) is 0.144. The van der Waals surface area contributed by atoms with Crippen molar-refractivity contribution in [3.63, 3.8) is 0 Å². The zero-order valence-corrected chi connectivity index (χ0v) is 9.07. The van der Waals surface area contributed by atoms with Crippen LogP contribution in [0.2, 0.25) is 0 Å². The van der Waals surface area contributed by atoms with Crippen molar-refractivity contribution >= 4 is 5.91 Å². The summed E-state index contributed by atoms with van der Waals surface area (Å²) < 4.78 is 10.6. The van der Waals surface area contributed by atoms with Gasteiger partial charge in [0.2, 0.25) is 5.91 Å². The second kappa shape index (κ2) is 4.92. The van der Waals surface area contributed by atoms with E-state index in [4.69, 9.17) is 9.47 Å². The lowest BCUT2D eigenvalue weighted by Gasteiger charge is -2.36. The molecule has 86 valence electrons. The van der Waals surface area contributed by atoms with Crippen LogP contribution in [-0.4, -0.2) is 62.4 Å². The monoisotopic (exact) mass is 214 g/mol. The molecular weight excluding hydrogens is 196 g/mol. The number of ether oxygens (including phenoxy) is 2. The van der Waals surface area contributed by atoms with Gasteiger partial charge in [0.05, 0.1) is 32.5 Å². The van der Waals surface area contributed by atoms with Gasteiger partial charge in [0.1, 0.15) is 6.04 Å². The van der Waals surface area contributed by atoms with E-state index in [-0.39, 0.29) is 18.0 Å². The van der Waals surface area contributed by atoms with Crippen molar-refractivity contribution in [1.82, 2.24) is 10.2 Å². The number of hydrogen-bond acceptors (Lipinski definition) is 4. The third kappa shape index (κ3) is 2.48. The van der Waals surface area contributed by atoms with Gasteiger partial charge in [-0.15, -0.1) is 0 Å². The van der Waals surface area contributed by atoms with Crippen LogP contribution in [0.25, 0.3) is 0 Å². The van der Waals surface area contributed by atoms with Crippen molar-refractivity contribution in [3.05, 3.63) is 0 Å². The minimum absolute atomic E-state index is 0.144. The smallest absolute Gasteiger partial charge is 0.242 e. The van der Waals surface area contributed by atoms with Crippen LogP contribution in [0.15, 0.2) is 0 Å². The van der Waals surface area contributed by atoms with E-state index in [9.17, 15) is 4.79 Å². The predicted octanol–water partition coefficient (Wildman–Crippen LogP) is -0.778. The molecule has 0 spiro atoms. The highest BCUT2D eigenvalue weighted by Crippen LogP contribution is 2.09. The van der Waals surface area contributed by atoms with Crippen molar-refractivity contribution in [2.75, 3.05) is 39.5 Å². The molecule has 2 aliphatic rings. The average Bonchev–Trinajstić information content (AvgIpc) is 2.30. The zero-order chi connectivity index (χ0) is 10.7. The summed E-state index contributed by atoms with van der Waals surface area (Å²) >= 11 is 0. The second-order valence-electron chi connectivity index (χ2n) is 4.04. The standard InChI is InChI=1S/C10H18N2O3/c1-8-6-15-5-3-12(8)10(13)9-7-14-4-2-11-9/h8-9,11H,2-7H2,1H3/t8-,9?/m1/s1. The number of amides is 1. The first-order valence-electron chi connectivity index (χ1n) is 5.48. The topological polar surface area (TPSA) is 50.8 Å². The predicted molar refractivity (Wildman–Crippen MR) is 54.6 cm³/mol. The quantitative estimate of drug-likeness (QED) is 0.622. The van der Waals surface area contributed by atoms with Crippen molar-refractivity contribution in [2.45, 2.75) is 19.0 Å². The van der Waals surface area contributed by atoms with Gasteiger partial charge in [0.15, 0.2) is 0 Å². The van der Waals surface area contributed by atoms with Crippen molar-refractivity contribution < 1.29 is 14.3 Å². The Hall–Kier alpha value is -0.650. The number of morpholine rings is 2. The average molecular weight is 214 g/mol. The number of rotatable bonds is 1. The Labute approximate surface area is 89.7 Å². The van der Waals surface area contributed by atoms with Crippen LogP contribution in [0.1, 0.15) is 6.92 Å². The van der Waals surface area contributed by atoms with Gasteiger partial charge in [-0.25, -0.2) is 0 Å². The summed E-state index contributed by atoms with van der Waals surface area (Å²) in [6.07, 6.45) is 0. The molecule has 1 unspecified atom stereocenters.